The summed E-state index contributed by atoms with van der Waals surface area (Å²) < 4.78 is 5.35. The maximum Gasteiger partial charge on any atom is 0.226 e. The van der Waals surface area contributed by atoms with Crippen molar-refractivity contribution in [2.45, 2.75) is 44.7 Å². The molecule has 0 aromatic carbocycles. The van der Waals surface area contributed by atoms with Crippen LogP contribution in [0.5, 0.6) is 0 Å². The first-order valence-corrected chi connectivity index (χ1v) is 6.69. The van der Waals surface area contributed by atoms with E-state index in [4.69, 9.17) is 10.5 Å². The first-order valence-electron chi connectivity index (χ1n) is 6.69. The number of hydrogen-bond donors (Lipinski definition) is 1. The summed E-state index contributed by atoms with van der Waals surface area (Å²) in [5, 5.41) is 0. The van der Waals surface area contributed by atoms with Crippen molar-refractivity contribution in [2.75, 3.05) is 20.3 Å². The fraction of sp³-hybridized carbons (Fsp3) is 0.923. The third kappa shape index (κ3) is 2.80. The van der Waals surface area contributed by atoms with E-state index >= 15 is 0 Å². The Labute approximate surface area is 103 Å². The van der Waals surface area contributed by atoms with Crippen LogP contribution in [0.15, 0.2) is 0 Å². The second-order valence-corrected chi connectivity index (χ2v) is 5.62. The van der Waals surface area contributed by atoms with E-state index in [1.165, 1.54) is 0 Å². The summed E-state index contributed by atoms with van der Waals surface area (Å²) >= 11 is 0. The van der Waals surface area contributed by atoms with Gasteiger partial charge in [0.25, 0.3) is 0 Å². The predicted molar refractivity (Wildman–Crippen MR) is 66.5 cm³/mol. The van der Waals surface area contributed by atoms with Gasteiger partial charge in [-0.25, -0.2) is 0 Å². The minimum atomic E-state index is 0.167. The van der Waals surface area contributed by atoms with Crippen LogP contribution in [0.2, 0.25) is 0 Å². The molecule has 4 heteroatoms. The number of carbonyl (C=O) groups excluding carboxylic acids is 1. The molecule has 1 amide bonds. The van der Waals surface area contributed by atoms with E-state index in [1.54, 1.807) is 0 Å². The van der Waals surface area contributed by atoms with Crippen molar-refractivity contribution < 1.29 is 9.53 Å². The molecule has 0 bridgehead atoms. The highest BCUT2D eigenvalue weighted by Crippen LogP contribution is 2.31. The molecule has 98 valence electrons. The summed E-state index contributed by atoms with van der Waals surface area (Å²) in [6.45, 7) is 3.64. The largest absolute Gasteiger partial charge is 0.379 e. The molecule has 1 heterocycles. The van der Waals surface area contributed by atoms with Crippen LogP contribution in [0, 0.1) is 11.8 Å². The maximum atomic E-state index is 12.4. The summed E-state index contributed by atoms with van der Waals surface area (Å²) in [5.74, 6) is 0.872. The molecular formula is C13H24N2O2. The summed E-state index contributed by atoms with van der Waals surface area (Å²) in [6, 6.07) is 0.569. The van der Waals surface area contributed by atoms with Crippen molar-refractivity contribution >= 4 is 5.91 Å². The van der Waals surface area contributed by atoms with Gasteiger partial charge in [0.1, 0.15) is 0 Å². The Hall–Kier alpha value is -0.610. The van der Waals surface area contributed by atoms with Crippen molar-refractivity contribution in [2.24, 2.45) is 17.6 Å². The molecule has 17 heavy (non-hydrogen) atoms. The van der Waals surface area contributed by atoms with Crippen LogP contribution in [-0.2, 0) is 9.53 Å². The van der Waals surface area contributed by atoms with Gasteiger partial charge in [0.15, 0.2) is 0 Å². The van der Waals surface area contributed by atoms with E-state index in [-0.39, 0.29) is 18.0 Å². The monoisotopic (exact) mass is 240 g/mol. The lowest BCUT2D eigenvalue weighted by Crippen LogP contribution is -2.45. The number of nitrogens with zero attached hydrogens (tertiary/aromatic N) is 1. The van der Waals surface area contributed by atoms with Crippen molar-refractivity contribution in [3.05, 3.63) is 0 Å². The summed E-state index contributed by atoms with van der Waals surface area (Å²) in [6.07, 6.45) is 3.88. The SMILES string of the molecule is CC1CC(N)CCC1C(=O)N(C)C1CCOC1. The second-order valence-electron chi connectivity index (χ2n) is 5.62. The Morgan fingerprint density at radius 3 is 2.71 bits per heavy atom. The van der Waals surface area contributed by atoms with Gasteiger partial charge < -0.3 is 15.4 Å². The first kappa shape index (κ1) is 12.8. The zero-order valence-corrected chi connectivity index (χ0v) is 10.9. The van der Waals surface area contributed by atoms with Gasteiger partial charge in [-0.2, -0.15) is 0 Å². The third-order valence-corrected chi connectivity index (χ3v) is 4.33. The van der Waals surface area contributed by atoms with Gasteiger partial charge in [0.2, 0.25) is 5.91 Å². The van der Waals surface area contributed by atoms with Crippen molar-refractivity contribution in [1.82, 2.24) is 4.90 Å². The zero-order chi connectivity index (χ0) is 12.4. The van der Waals surface area contributed by atoms with Crippen molar-refractivity contribution in [3.8, 4) is 0 Å². The Kier molecular flexibility index (Phi) is 4.05. The number of carbonyl (C=O) groups is 1. The standard InChI is InChI=1S/C13H24N2O2/c1-9-7-10(14)3-4-12(9)13(16)15(2)11-5-6-17-8-11/h9-12H,3-8,14H2,1-2H3. The minimum absolute atomic E-state index is 0.167. The van der Waals surface area contributed by atoms with Gasteiger partial charge in [-0.3, -0.25) is 4.79 Å². The second kappa shape index (κ2) is 5.36. The molecule has 4 atom stereocenters. The molecule has 2 aliphatic rings. The Morgan fingerprint density at radius 1 is 1.35 bits per heavy atom. The first-order chi connectivity index (χ1) is 8.09. The predicted octanol–water partition coefficient (Wildman–Crippen LogP) is 0.997. The topological polar surface area (TPSA) is 55.6 Å². The highest BCUT2D eigenvalue weighted by Gasteiger charge is 2.35. The summed E-state index contributed by atoms with van der Waals surface area (Å²) in [5.41, 5.74) is 5.94. The highest BCUT2D eigenvalue weighted by molar-refractivity contribution is 5.79. The molecule has 4 unspecified atom stereocenters. The Morgan fingerprint density at radius 2 is 2.12 bits per heavy atom. The van der Waals surface area contributed by atoms with E-state index in [0.29, 0.717) is 18.4 Å². The molecule has 1 saturated carbocycles. The molecular weight excluding hydrogens is 216 g/mol. The average Bonchev–Trinajstić information content (AvgIpc) is 2.80. The van der Waals surface area contributed by atoms with E-state index in [2.05, 4.69) is 6.92 Å². The molecule has 0 radical (unpaired) electrons. The maximum absolute atomic E-state index is 12.4. The van der Waals surface area contributed by atoms with Gasteiger partial charge in [-0.05, 0) is 31.6 Å². The lowest BCUT2D eigenvalue weighted by molar-refractivity contribution is -0.139. The van der Waals surface area contributed by atoms with Crippen molar-refractivity contribution in [3.63, 3.8) is 0 Å². The van der Waals surface area contributed by atoms with Crippen LogP contribution in [-0.4, -0.2) is 43.2 Å². The van der Waals surface area contributed by atoms with Crippen LogP contribution < -0.4 is 5.73 Å². The van der Waals surface area contributed by atoms with Crippen LogP contribution in [0.1, 0.15) is 32.6 Å². The lowest BCUT2D eigenvalue weighted by atomic mass is 9.77. The Balaban J connectivity index is 1.94. The molecule has 0 aromatic rings. The molecule has 2 N–H and O–H groups in total. The van der Waals surface area contributed by atoms with E-state index < -0.39 is 0 Å². The van der Waals surface area contributed by atoms with Crippen LogP contribution in [0.25, 0.3) is 0 Å². The third-order valence-electron chi connectivity index (χ3n) is 4.33. The van der Waals surface area contributed by atoms with Crippen LogP contribution in [0.3, 0.4) is 0 Å². The zero-order valence-electron chi connectivity index (χ0n) is 10.9. The van der Waals surface area contributed by atoms with Gasteiger partial charge in [0.05, 0.1) is 12.6 Å². The van der Waals surface area contributed by atoms with E-state index in [0.717, 1.165) is 32.3 Å². The number of likely N-dealkylation sites (N-methyl/N-ethyl adjacent to an activating group) is 1. The minimum Gasteiger partial charge on any atom is -0.379 e. The quantitative estimate of drug-likeness (QED) is 0.783. The summed E-state index contributed by atoms with van der Waals surface area (Å²) in [7, 11) is 1.92. The van der Waals surface area contributed by atoms with Gasteiger partial charge in [0, 0.05) is 25.6 Å². The number of rotatable bonds is 2. The molecule has 2 fully saturated rings. The van der Waals surface area contributed by atoms with Gasteiger partial charge in [-0.15, -0.1) is 0 Å². The molecule has 2 rings (SSSR count). The van der Waals surface area contributed by atoms with Gasteiger partial charge in [-0.1, -0.05) is 6.92 Å². The lowest BCUT2D eigenvalue weighted by Gasteiger charge is -2.35. The number of amides is 1. The number of nitrogens with two attached hydrogens (primary N) is 1. The fourth-order valence-electron chi connectivity index (χ4n) is 3.07. The number of hydrogen-bond acceptors (Lipinski definition) is 3. The molecule has 4 nitrogen and oxygen atoms in total. The van der Waals surface area contributed by atoms with Gasteiger partial charge >= 0.3 is 0 Å². The van der Waals surface area contributed by atoms with Crippen molar-refractivity contribution in [1.29, 1.82) is 0 Å². The van der Waals surface area contributed by atoms with E-state index in [1.807, 2.05) is 11.9 Å². The molecule has 0 spiro atoms. The smallest absolute Gasteiger partial charge is 0.226 e. The van der Waals surface area contributed by atoms with E-state index in [9.17, 15) is 4.79 Å². The molecule has 1 saturated heterocycles. The summed E-state index contributed by atoms with van der Waals surface area (Å²) in [4.78, 5) is 14.3. The molecule has 0 aromatic heterocycles. The van der Waals surface area contributed by atoms with Crippen LogP contribution in [0.4, 0.5) is 0 Å². The Bertz CT molecular complexity index is 277. The normalized spacial score (nSPS) is 38.1. The van der Waals surface area contributed by atoms with Crippen LogP contribution >= 0.6 is 0 Å². The highest BCUT2D eigenvalue weighted by atomic mass is 16.5. The molecule has 1 aliphatic heterocycles. The molecule has 1 aliphatic carbocycles. The average molecular weight is 240 g/mol. The fourth-order valence-corrected chi connectivity index (χ4v) is 3.07. The number of ether oxygens (including phenoxy) is 1.